The van der Waals surface area contributed by atoms with Gasteiger partial charge in [0, 0.05) is 0 Å². The Balaban J connectivity index is 2.52. The second-order valence-corrected chi connectivity index (χ2v) is 4.76. The first-order valence-corrected chi connectivity index (χ1v) is 6.61. The van der Waals surface area contributed by atoms with E-state index in [1.54, 1.807) is 30.3 Å². The molecule has 5 atom stereocenters. The standard InChI is InChI=1S/C14H20O8/c15-7-9(16)11(18)12(19)13(20)14(21)22-10(17)6-8-4-2-1-3-5-8/h1-5,9,11-16,18-21H,6-7H2/t9-,11-,12+,13-,14?/m1/s1. The number of benzene rings is 1. The minimum Gasteiger partial charge on any atom is -0.433 e. The Morgan fingerprint density at radius 1 is 0.955 bits per heavy atom. The smallest absolute Gasteiger partial charge is 0.312 e. The first-order valence-electron chi connectivity index (χ1n) is 6.61. The molecule has 8 heteroatoms. The molecule has 6 N–H and O–H groups in total. The predicted octanol–water partition coefficient (Wildman–Crippen LogP) is -2.47. The second kappa shape index (κ2) is 8.79. The highest BCUT2D eigenvalue weighted by Crippen LogP contribution is 2.10. The van der Waals surface area contributed by atoms with Crippen molar-refractivity contribution in [2.45, 2.75) is 37.1 Å². The van der Waals surface area contributed by atoms with Gasteiger partial charge in [0.05, 0.1) is 13.0 Å². The number of carbonyl (C=O) groups is 1. The van der Waals surface area contributed by atoms with E-state index in [4.69, 9.17) is 10.2 Å². The van der Waals surface area contributed by atoms with Crippen molar-refractivity contribution in [3.63, 3.8) is 0 Å². The van der Waals surface area contributed by atoms with Crippen LogP contribution in [0.2, 0.25) is 0 Å². The molecule has 1 rings (SSSR count). The van der Waals surface area contributed by atoms with Crippen molar-refractivity contribution in [2.75, 3.05) is 6.61 Å². The summed E-state index contributed by atoms with van der Waals surface area (Å²) in [4.78, 5) is 11.6. The largest absolute Gasteiger partial charge is 0.433 e. The molecule has 0 saturated carbocycles. The van der Waals surface area contributed by atoms with Crippen molar-refractivity contribution in [1.82, 2.24) is 0 Å². The molecule has 0 aliphatic heterocycles. The van der Waals surface area contributed by atoms with Gasteiger partial charge in [0.25, 0.3) is 0 Å². The Hall–Kier alpha value is -1.55. The molecule has 1 unspecified atom stereocenters. The molecule has 0 fully saturated rings. The molecule has 0 amide bonds. The van der Waals surface area contributed by atoms with Crippen molar-refractivity contribution in [2.24, 2.45) is 0 Å². The van der Waals surface area contributed by atoms with Gasteiger partial charge in [-0.1, -0.05) is 30.3 Å². The highest BCUT2D eigenvalue weighted by molar-refractivity contribution is 5.72. The lowest BCUT2D eigenvalue weighted by Crippen LogP contribution is -2.51. The van der Waals surface area contributed by atoms with Gasteiger partial charge in [0.1, 0.15) is 24.4 Å². The maximum Gasteiger partial charge on any atom is 0.312 e. The number of aliphatic hydroxyl groups excluding tert-OH is 6. The minimum atomic E-state index is -2.09. The van der Waals surface area contributed by atoms with Crippen LogP contribution in [0.1, 0.15) is 5.56 Å². The zero-order valence-corrected chi connectivity index (χ0v) is 11.7. The first kappa shape index (κ1) is 18.5. The normalized spacial score (nSPS) is 18.1. The van der Waals surface area contributed by atoms with Gasteiger partial charge in [-0.2, -0.15) is 0 Å². The fourth-order valence-corrected chi connectivity index (χ4v) is 1.71. The van der Waals surface area contributed by atoms with E-state index in [1.165, 1.54) is 0 Å². The summed E-state index contributed by atoms with van der Waals surface area (Å²) in [6.45, 7) is -0.852. The van der Waals surface area contributed by atoms with E-state index in [0.717, 1.165) is 0 Å². The molecule has 0 radical (unpaired) electrons. The molecule has 0 spiro atoms. The van der Waals surface area contributed by atoms with Crippen molar-refractivity contribution >= 4 is 5.97 Å². The Morgan fingerprint density at radius 3 is 2.09 bits per heavy atom. The molecule has 1 aromatic rings. The maximum absolute atomic E-state index is 11.6. The summed E-state index contributed by atoms with van der Waals surface area (Å²) >= 11 is 0. The number of hydrogen-bond donors (Lipinski definition) is 6. The molecule has 0 aliphatic carbocycles. The van der Waals surface area contributed by atoms with Crippen LogP contribution in [-0.2, 0) is 16.0 Å². The van der Waals surface area contributed by atoms with Crippen LogP contribution in [0, 0.1) is 0 Å². The van der Waals surface area contributed by atoms with Crippen LogP contribution in [0.5, 0.6) is 0 Å². The summed E-state index contributed by atoms with van der Waals surface area (Å²) in [5, 5.41) is 55.8. The molecule has 124 valence electrons. The SMILES string of the molecule is O=C(Cc1ccccc1)OC(O)[C@H](O)[C@@H](O)[C@H](O)[C@H](O)CO. The summed E-state index contributed by atoms with van der Waals surface area (Å²) < 4.78 is 4.55. The Labute approximate surface area is 126 Å². The molecular weight excluding hydrogens is 296 g/mol. The Kier molecular flexibility index (Phi) is 7.39. The Bertz CT molecular complexity index is 451. The van der Waals surface area contributed by atoms with Crippen LogP contribution in [0.4, 0.5) is 0 Å². The quantitative estimate of drug-likeness (QED) is 0.228. The molecule has 0 bridgehead atoms. The number of carbonyl (C=O) groups excluding carboxylic acids is 1. The third kappa shape index (κ3) is 5.34. The zero-order valence-electron chi connectivity index (χ0n) is 11.7. The van der Waals surface area contributed by atoms with Crippen molar-refractivity contribution < 1.29 is 40.2 Å². The van der Waals surface area contributed by atoms with Gasteiger partial charge in [-0.05, 0) is 5.56 Å². The Morgan fingerprint density at radius 2 is 1.55 bits per heavy atom. The van der Waals surface area contributed by atoms with E-state index in [2.05, 4.69) is 4.74 Å². The van der Waals surface area contributed by atoms with Gasteiger partial charge in [0.2, 0.25) is 6.29 Å². The molecule has 8 nitrogen and oxygen atoms in total. The molecule has 0 heterocycles. The third-order valence-electron chi connectivity index (χ3n) is 3.02. The van der Waals surface area contributed by atoms with Crippen LogP contribution >= 0.6 is 0 Å². The van der Waals surface area contributed by atoms with Crippen LogP contribution in [0.25, 0.3) is 0 Å². The van der Waals surface area contributed by atoms with Gasteiger partial charge in [-0.15, -0.1) is 0 Å². The van der Waals surface area contributed by atoms with Crippen LogP contribution in [0.3, 0.4) is 0 Å². The van der Waals surface area contributed by atoms with Crippen LogP contribution in [0.15, 0.2) is 30.3 Å². The number of rotatable bonds is 8. The highest BCUT2D eigenvalue weighted by atomic mass is 16.6. The molecular formula is C14H20O8. The molecule has 1 aromatic carbocycles. The molecule has 0 aliphatic rings. The summed E-state index contributed by atoms with van der Waals surface area (Å²) in [5.41, 5.74) is 0.630. The van der Waals surface area contributed by atoms with Gasteiger partial charge >= 0.3 is 5.97 Å². The van der Waals surface area contributed by atoms with Gasteiger partial charge < -0.3 is 35.4 Å². The third-order valence-corrected chi connectivity index (χ3v) is 3.02. The summed E-state index contributed by atoms with van der Waals surface area (Å²) in [6.07, 6.45) is -9.92. The number of aliphatic hydroxyl groups is 6. The summed E-state index contributed by atoms with van der Waals surface area (Å²) in [6, 6.07) is 8.52. The second-order valence-electron chi connectivity index (χ2n) is 4.76. The molecule has 22 heavy (non-hydrogen) atoms. The van der Waals surface area contributed by atoms with E-state index < -0.39 is 43.3 Å². The van der Waals surface area contributed by atoms with E-state index in [0.29, 0.717) is 5.56 Å². The lowest BCUT2D eigenvalue weighted by molar-refractivity contribution is -0.213. The summed E-state index contributed by atoms with van der Waals surface area (Å²) in [7, 11) is 0. The highest BCUT2D eigenvalue weighted by Gasteiger charge is 2.35. The average Bonchev–Trinajstić information content (AvgIpc) is 2.52. The average molecular weight is 316 g/mol. The van der Waals surface area contributed by atoms with Crippen molar-refractivity contribution in [1.29, 1.82) is 0 Å². The van der Waals surface area contributed by atoms with E-state index in [1.807, 2.05) is 0 Å². The summed E-state index contributed by atoms with van der Waals surface area (Å²) in [5.74, 6) is -0.845. The van der Waals surface area contributed by atoms with Crippen molar-refractivity contribution in [3.8, 4) is 0 Å². The van der Waals surface area contributed by atoms with Gasteiger partial charge in [0.15, 0.2) is 0 Å². The van der Waals surface area contributed by atoms with Gasteiger partial charge in [-0.25, -0.2) is 0 Å². The maximum atomic E-state index is 11.6. The fourth-order valence-electron chi connectivity index (χ4n) is 1.71. The number of ether oxygens (including phenoxy) is 1. The van der Waals surface area contributed by atoms with E-state index >= 15 is 0 Å². The van der Waals surface area contributed by atoms with E-state index in [9.17, 15) is 25.2 Å². The topological polar surface area (TPSA) is 148 Å². The van der Waals surface area contributed by atoms with Crippen LogP contribution in [-0.4, -0.2) is 73.9 Å². The van der Waals surface area contributed by atoms with Crippen LogP contribution < -0.4 is 0 Å². The molecule has 0 saturated heterocycles. The lowest BCUT2D eigenvalue weighted by atomic mass is 10.0. The fraction of sp³-hybridized carbons (Fsp3) is 0.500. The number of hydrogen-bond acceptors (Lipinski definition) is 8. The first-order chi connectivity index (χ1) is 10.4. The minimum absolute atomic E-state index is 0.150. The molecule has 0 aromatic heterocycles. The lowest BCUT2D eigenvalue weighted by Gasteiger charge is -2.28. The monoisotopic (exact) mass is 316 g/mol. The predicted molar refractivity (Wildman–Crippen MR) is 73.4 cm³/mol. The van der Waals surface area contributed by atoms with Crippen molar-refractivity contribution in [3.05, 3.63) is 35.9 Å². The number of esters is 1. The zero-order chi connectivity index (χ0) is 16.7. The van der Waals surface area contributed by atoms with E-state index in [-0.39, 0.29) is 6.42 Å². The van der Waals surface area contributed by atoms with Gasteiger partial charge in [-0.3, -0.25) is 4.79 Å².